The smallest absolute Gasteiger partial charge is 0.266 e. The molecular weight excluding hydrogens is 264 g/mol. The minimum atomic E-state index is -0.257. The number of nitrogens with one attached hydrogen (secondary N) is 1. The van der Waals surface area contributed by atoms with Crippen LogP contribution in [0, 0.1) is 5.41 Å². The van der Waals surface area contributed by atoms with Gasteiger partial charge >= 0.3 is 0 Å². The molecular formula is C16H14N4O. The van der Waals surface area contributed by atoms with Crippen molar-refractivity contribution < 1.29 is 4.79 Å². The van der Waals surface area contributed by atoms with Gasteiger partial charge in [-0.05, 0) is 12.1 Å². The van der Waals surface area contributed by atoms with Crippen LogP contribution in [0.15, 0.2) is 60.7 Å². The second kappa shape index (κ2) is 5.20. The predicted octanol–water partition coefficient (Wildman–Crippen LogP) is 2.06. The largest absolute Gasteiger partial charge is 0.268 e. The second-order valence-corrected chi connectivity index (χ2v) is 4.64. The van der Waals surface area contributed by atoms with Gasteiger partial charge in [0.05, 0.1) is 0 Å². The molecule has 0 aliphatic rings. The maximum absolute atomic E-state index is 12.7. The third kappa shape index (κ3) is 2.29. The lowest BCUT2D eigenvalue weighted by Gasteiger charge is -2.05. The monoisotopic (exact) mass is 278 g/mol. The quantitative estimate of drug-likeness (QED) is 0.779. The van der Waals surface area contributed by atoms with Crippen LogP contribution >= 0.6 is 0 Å². The molecule has 1 N–H and O–H groups in total. The van der Waals surface area contributed by atoms with Gasteiger partial charge < -0.3 is 0 Å². The number of nitrogens with zero attached hydrogens (tertiary/aromatic N) is 3. The third-order valence-corrected chi connectivity index (χ3v) is 3.23. The first-order valence-corrected chi connectivity index (χ1v) is 6.54. The van der Waals surface area contributed by atoms with Gasteiger partial charge in [0.25, 0.3) is 5.91 Å². The summed E-state index contributed by atoms with van der Waals surface area (Å²) in [6.45, 7) is 0. The number of aromatic nitrogens is 3. The molecule has 1 aromatic heterocycles. The van der Waals surface area contributed by atoms with Crippen molar-refractivity contribution in [1.82, 2.24) is 14.3 Å². The van der Waals surface area contributed by atoms with Gasteiger partial charge in [-0.1, -0.05) is 48.5 Å². The van der Waals surface area contributed by atoms with E-state index in [1.807, 2.05) is 36.4 Å². The Kier molecular flexibility index (Phi) is 3.23. The lowest BCUT2D eigenvalue weighted by Crippen LogP contribution is -2.29. The highest BCUT2D eigenvalue weighted by Crippen LogP contribution is 2.16. The number of aryl methyl sites for hydroxylation is 1. The fourth-order valence-electron chi connectivity index (χ4n) is 2.16. The first kappa shape index (κ1) is 13.1. The van der Waals surface area contributed by atoms with E-state index in [-0.39, 0.29) is 11.5 Å². The molecule has 0 amide bonds. The van der Waals surface area contributed by atoms with Crippen molar-refractivity contribution in [2.24, 2.45) is 7.05 Å². The van der Waals surface area contributed by atoms with E-state index in [1.54, 1.807) is 31.3 Å². The zero-order valence-electron chi connectivity index (χ0n) is 11.5. The number of carbonyl (C=O) groups excluding carboxylic acids is 1. The van der Waals surface area contributed by atoms with Crippen LogP contribution in [0.25, 0.3) is 11.4 Å². The summed E-state index contributed by atoms with van der Waals surface area (Å²) in [7, 11) is 1.66. The summed E-state index contributed by atoms with van der Waals surface area (Å²) in [5.74, 6) is 0.213. The minimum Gasteiger partial charge on any atom is -0.268 e. The Labute approximate surface area is 121 Å². The van der Waals surface area contributed by atoms with Crippen LogP contribution in [0.1, 0.15) is 10.4 Å². The van der Waals surface area contributed by atoms with Crippen molar-refractivity contribution in [1.29, 1.82) is 5.41 Å². The van der Waals surface area contributed by atoms with Gasteiger partial charge in [-0.25, -0.2) is 9.25 Å². The second-order valence-electron chi connectivity index (χ2n) is 4.64. The highest BCUT2D eigenvalue weighted by Gasteiger charge is 2.18. The first-order chi connectivity index (χ1) is 10.2. The van der Waals surface area contributed by atoms with Crippen LogP contribution in [0.2, 0.25) is 0 Å². The lowest BCUT2D eigenvalue weighted by atomic mass is 10.2. The fourth-order valence-corrected chi connectivity index (χ4v) is 2.16. The molecule has 0 saturated carbocycles. The Morgan fingerprint density at radius 2 is 1.57 bits per heavy atom. The van der Waals surface area contributed by atoms with Crippen molar-refractivity contribution in [3.05, 3.63) is 71.8 Å². The summed E-state index contributed by atoms with van der Waals surface area (Å²) in [6.07, 6.45) is 0. The van der Waals surface area contributed by atoms with Gasteiger partial charge in [-0.15, -0.1) is 0 Å². The molecule has 0 saturated heterocycles. The summed E-state index contributed by atoms with van der Waals surface area (Å²) in [4.78, 5) is 12.7. The van der Waals surface area contributed by atoms with Crippen LogP contribution in [0.5, 0.6) is 0 Å². The van der Waals surface area contributed by atoms with Crippen molar-refractivity contribution in [3.8, 4) is 11.4 Å². The molecule has 0 atom stereocenters. The van der Waals surface area contributed by atoms with E-state index in [1.165, 1.54) is 9.25 Å². The minimum absolute atomic E-state index is 0.0442. The summed E-state index contributed by atoms with van der Waals surface area (Å²) in [6, 6.07) is 18.3. The summed E-state index contributed by atoms with van der Waals surface area (Å²) < 4.78 is 2.72. The van der Waals surface area contributed by atoms with Gasteiger partial charge in [0, 0.05) is 18.2 Å². The average molecular weight is 278 g/mol. The molecule has 2 aromatic carbocycles. The van der Waals surface area contributed by atoms with E-state index >= 15 is 0 Å². The molecule has 104 valence electrons. The molecule has 0 fully saturated rings. The van der Waals surface area contributed by atoms with Gasteiger partial charge in [0.15, 0.2) is 5.82 Å². The van der Waals surface area contributed by atoms with Gasteiger partial charge in [-0.2, -0.15) is 5.10 Å². The molecule has 3 rings (SSSR count). The van der Waals surface area contributed by atoms with Crippen LogP contribution < -0.4 is 5.62 Å². The van der Waals surface area contributed by atoms with E-state index in [4.69, 9.17) is 5.41 Å². The van der Waals surface area contributed by atoms with Crippen molar-refractivity contribution in [3.63, 3.8) is 0 Å². The van der Waals surface area contributed by atoms with Crippen molar-refractivity contribution >= 4 is 5.91 Å². The molecule has 5 heteroatoms. The van der Waals surface area contributed by atoms with Crippen LogP contribution in [-0.4, -0.2) is 20.3 Å². The lowest BCUT2D eigenvalue weighted by molar-refractivity contribution is 0.0955. The molecule has 21 heavy (non-hydrogen) atoms. The maximum atomic E-state index is 12.7. The molecule has 3 aromatic rings. The molecule has 0 bridgehead atoms. The zero-order chi connectivity index (χ0) is 14.8. The molecule has 1 heterocycles. The summed E-state index contributed by atoms with van der Waals surface area (Å²) in [5.41, 5.74) is 1.37. The molecule has 0 aliphatic heterocycles. The summed E-state index contributed by atoms with van der Waals surface area (Å²) in [5, 5.41) is 12.4. The number of rotatable bonds is 2. The van der Waals surface area contributed by atoms with E-state index in [2.05, 4.69) is 5.10 Å². The number of hydrogen-bond acceptors (Lipinski definition) is 3. The molecule has 5 nitrogen and oxygen atoms in total. The standard InChI is InChI=1S/C16H14N4O/c1-19-16(17)20(15(21)13-10-6-3-7-11-13)14(18-19)12-8-4-2-5-9-12/h2-11,17H,1H3. The first-order valence-electron chi connectivity index (χ1n) is 6.54. The third-order valence-electron chi connectivity index (χ3n) is 3.23. The number of benzene rings is 2. The Morgan fingerprint density at radius 3 is 2.19 bits per heavy atom. The SMILES string of the molecule is Cn1nc(-c2ccccc2)n(C(=O)c2ccccc2)c1=N. The molecule has 0 aliphatic carbocycles. The van der Waals surface area contributed by atoms with E-state index in [0.29, 0.717) is 11.4 Å². The Balaban J connectivity index is 2.19. The van der Waals surface area contributed by atoms with E-state index in [9.17, 15) is 4.79 Å². The average Bonchev–Trinajstić information content (AvgIpc) is 2.84. The van der Waals surface area contributed by atoms with Gasteiger partial charge in [0.1, 0.15) is 0 Å². The molecule has 0 radical (unpaired) electrons. The van der Waals surface area contributed by atoms with Gasteiger partial charge in [-0.3, -0.25) is 10.2 Å². The number of carbonyl (C=O) groups is 1. The Morgan fingerprint density at radius 1 is 1.00 bits per heavy atom. The summed E-state index contributed by atoms with van der Waals surface area (Å²) >= 11 is 0. The van der Waals surface area contributed by atoms with Crippen LogP contribution in [0.4, 0.5) is 0 Å². The van der Waals surface area contributed by atoms with Crippen molar-refractivity contribution in [2.75, 3.05) is 0 Å². The Bertz CT molecular complexity index is 832. The number of hydrogen-bond donors (Lipinski definition) is 1. The van der Waals surface area contributed by atoms with Crippen molar-refractivity contribution in [2.45, 2.75) is 0 Å². The van der Waals surface area contributed by atoms with Crippen LogP contribution in [0.3, 0.4) is 0 Å². The molecule has 0 spiro atoms. The van der Waals surface area contributed by atoms with E-state index < -0.39 is 0 Å². The highest BCUT2D eigenvalue weighted by atomic mass is 16.2. The topological polar surface area (TPSA) is 63.7 Å². The van der Waals surface area contributed by atoms with Gasteiger partial charge in [0.2, 0.25) is 5.62 Å². The fraction of sp³-hybridized carbons (Fsp3) is 0.0625. The zero-order valence-corrected chi connectivity index (χ0v) is 11.5. The molecule has 0 unspecified atom stereocenters. The normalized spacial score (nSPS) is 10.5. The predicted molar refractivity (Wildman–Crippen MR) is 78.7 cm³/mol. The van der Waals surface area contributed by atoms with E-state index in [0.717, 1.165) is 5.56 Å². The van der Waals surface area contributed by atoms with Crippen LogP contribution in [-0.2, 0) is 7.05 Å². The highest BCUT2D eigenvalue weighted by molar-refractivity contribution is 5.97. The maximum Gasteiger partial charge on any atom is 0.266 e. The Hall–Kier alpha value is -2.95.